The maximum absolute atomic E-state index is 8.60. The molecule has 0 saturated heterocycles. The molecule has 1 aromatic carbocycles. The minimum Gasteiger partial charge on any atom is -0.241 e. The van der Waals surface area contributed by atoms with Gasteiger partial charge in [-0.15, -0.1) is 11.3 Å². The predicted molar refractivity (Wildman–Crippen MR) is 75.7 cm³/mol. The second kappa shape index (κ2) is 5.32. The van der Waals surface area contributed by atoms with Gasteiger partial charge in [0.05, 0.1) is 11.8 Å². The highest BCUT2D eigenvalue weighted by atomic mass is 32.1. The molecule has 0 fully saturated rings. The Hall–Kier alpha value is -1.66. The lowest BCUT2D eigenvalue weighted by atomic mass is 10.0. The van der Waals surface area contributed by atoms with E-state index in [-0.39, 0.29) is 0 Å². The average Bonchev–Trinajstić information content (AvgIpc) is 2.73. The van der Waals surface area contributed by atoms with Gasteiger partial charge in [0.15, 0.2) is 0 Å². The van der Waals surface area contributed by atoms with Gasteiger partial charge in [0.25, 0.3) is 0 Å². The van der Waals surface area contributed by atoms with Gasteiger partial charge in [-0.2, -0.15) is 5.26 Å². The van der Waals surface area contributed by atoms with E-state index >= 15 is 0 Å². The van der Waals surface area contributed by atoms with Crippen molar-refractivity contribution < 1.29 is 0 Å². The third-order valence-corrected chi connectivity index (χ3v) is 3.84. The van der Waals surface area contributed by atoms with Crippen molar-refractivity contribution in [2.45, 2.75) is 33.6 Å². The summed E-state index contributed by atoms with van der Waals surface area (Å²) in [7, 11) is 0. The Balaban J connectivity index is 2.38. The zero-order valence-electron chi connectivity index (χ0n) is 10.9. The number of aromatic nitrogens is 1. The lowest BCUT2D eigenvalue weighted by Crippen LogP contribution is -1.90. The second-order valence-corrected chi connectivity index (χ2v) is 5.43. The molecule has 2 rings (SSSR count). The molecule has 0 N–H and O–H groups in total. The van der Waals surface area contributed by atoms with E-state index in [0.717, 1.165) is 17.1 Å². The fraction of sp³-hybridized carbons (Fsp3) is 0.333. The molecule has 92 valence electrons. The van der Waals surface area contributed by atoms with Gasteiger partial charge in [-0.05, 0) is 31.9 Å². The van der Waals surface area contributed by atoms with Crippen molar-refractivity contribution in [2.24, 2.45) is 0 Å². The molecule has 0 aliphatic rings. The summed E-state index contributed by atoms with van der Waals surface area (Å²) in [6, 6.07) is 6.55. The number of nitrogens with zero attached hydrogens (tertiary/aromatic N) is 2. The summed E-state index contributed by atoms with van der Waals surface area (Å²) >= 11 is 1.67. The van der Waals surface area contributed by atoms with E-state index in [4.69, 9.17) is 5.26 Å². The topological polar surface area (TPSA) is 36.7 Å². The summed E-state index contributed by atoms with van der Waals surface area (Å²) < 4.78 is 0. The molecule has 0 aliphatic carbocycles. The van der Waals surface area contributed by atoms with Crippen LogP contribution in [0.1, 0.15) is 28.8 Å². The van der Waals surface area contributed by atoms with Crippen LogP contribution in [-0.4, -0.2) is 4.98 Å². The molecule has 18 heavy (non-hydrogen) atoms. The first-order valence-corrected chi connectivity index (χ1v) is 6.89. The van der Waals surface area contributed by atoms with E-state index in [1.54, 1.807) is 11.3 Å². The van der Waals surface area contributed by atoms with Gasteiger partial charge < -0.3 is 0 Å². The number of nitriles is 1. The van der Waals surface area contributed by atoms with E-state index < -0.39 is 0 Å². The standard InChI is InChI=1S/C15H16N2S/c1-10-7-11(2)14(12(3)8-10)15-17-13(9-18-15)5-4-6-16/h7-9H,4-5H2,1-3H3. The van der Waals surface area contributed by atoms with E-state index in [2.05, 4.69) is 49.3 Å². The fourth-order valence-electron chi connectivity index (χ4n) is 2.24. The predicted octanol–water partition coefficient (Wildman–Crippen LogP) is 4.19. The molecule has 2 nitrogen and oxygen atoms in total. The van der Waals surface area contributed by atoms with E-state index in [0.29, 0.717) is 6.42 Å². The number of benzene rings is 1. The van der Waals surface area contributed by atoms with Crippen LogP contribution in [0.15, 0.2) is 17.5 Å². The maximum Gasteiger partial charge on any atom is 0.124 e. The Kier molecular flexibility index (Phi) is 3.78. The van der Waals surface area contributed by atoms with E-state index in [1.807, 2.05) is 0 Å². The van der Waals surface area contributed by atoms with Gasteiger partial charge in [-0.1, -0.05) is 17.7 Å². The normalized spacial score (nSPS) is 10.3. The van der Waals surface area contributed by atoms with Crippen molar-refractivity contribution in [3.05, 3.63) is 39.9 Å². The summed E-state index contributed by atoms with van der Waals surface area (Å²) in [5.74, 6) is 0. The van der Waals surface area contributed by atoms with Crippen molar-refractivity contribution in [3.8, 4) is 16.6 Å². The zero-order chi connectivity index (χ0) is 13.1. The highest BCUT2D eigenvalue weighted by Gasteiger charge is 2.10. The van der Waals surface area contributed by atoms with Gasteiger partial charge in [-0.25, -0.2) is 4.98 Å². The van der Waals surface area contributed by atoms with Gasteiger partial charge >= 0.3 is 0 Å². The van der Waals surface area contributed by atoms with Crippen molar-refractivity contribution in [3.63, 3.8) is 0 Å². The molecule has 0 spiro atoms. The largest absolute Gasteiger partial charge is 0.241 e. The number of rotatable bonds is 3. The maximum atomic E-state index is 8.60. The Bertz CT molecular complexity index is 582. The Morgan fingerprint density at radius 2 is 1.89 bits per heavy atom. The third-order valence-electron chi connectivity index (χ3n) is 2.94. The van der Waals surface area contributed by atoms with Crippen molar-refractivity contribution >= 4 is 11.3 Å². The fourth-order valence-corrected chi connectivity index (χ4v) is 3.27. The summed E-state index contributed by atoms with van der Waals surface area (Å²) in [4.78, 5) is 4.64. The van der Waals surface area contributed by atoms with Crippen LogP contribution in [0.3, 0.4) is 0 Å². The highest BCUT2D eigenvalue weighted by Crippen LogP contribution is 2.31. The lowest BCUT2D eigenvalue weighted by molar-refractivity contribution is 0.968. The smallest absolute Gasteiger partial charge is 0.124 e. The van der Waals surface area contributed by atoms with Crippen molar-refractivity contribution in [1.82, 2.24) is 4.98 Å². The number of hydrogen-bond acceptors (Lipinski definition) is 3. The average molecular weight is 256 g/mol. The molecule has 0 bridgehead atoms. The molecule has 0 unspecified atom stereocenters. The summed E-state index contributed by atoms with van der Waals surface area (Å²) in [5, 5.41) is 11.7. The van der Waals surface area contributed by atoms with Crippen LogP contribution in [0.2, 0.25) is 0 Å². The quantitative estimate of drug-likeness (QED) is 0.825. The van der Waals surface area contributed by atoms with Crippen LogP contribution in [0, 0.1) is 32.1 Å². The number of aryl methyl sites for hydroxylation is 4. The highest BCUT2D eigenvalue weighted by molar-refractivity contribution is 7.13. The van der Waals surface area contributed by atoms with Gasteiger partial charge in [0.1, 0.15) is 5.01 Å². The van der Waals surface area contributed by atoms with Crippen molar-refractivity contribution in [1.29, 1.82) is 5.26 Å². The molecule has 0 aliphatic heterocycles. The van der Waals surface area contributed by atoms with Crippen LogP contribution in [0.5, 0.6) is 0 Å². The molecule has 0 radical (unpaired) electrons. The minimum absolute atomic E-state index is 0.537. The molecular weight excluding hydrogens is 240 g/mol. The first-order chi connectivity index (χ1) is 8.61. The van der Waals surface area contributed by atoms with Gasteiger partial charge in [-0.3, -0.25) is 0 Å². The van der Waals surface area contributed by atoms with Crippen LogP contribution in [0.25, 0.3) is 10.6 Å². The third kappa shape index (κ3) is 2.60. The van der Waals surface area contributed by atoms with E-state index in [1.165, 1.54) is 22.3 Å². The molecule has 1 aromatic heterocycles. The Labute approximate surface area is 112 Å². The zero-order valence-corrected chi connectivity index (χ0v) is 11.8. The molecule has 0 amide bonds. The van der Waals surface area contributed by atoms with Crippen LogP contribution < -0.4 is 0 Å². The Morgan fingerprint density at radius 1 is 1.22 bits per heavy atom. The molecule has 0 saturated carbocycles. The first-order valence-electron chi connectivity index (χ1n) is 6.01. The molecule has 3 heteroatoms. The monoisotopic (exact) mass is 256 g/mol. The Morgan fingerprint density at radius 3 is 2.50 bits per heavy atom. The number of thiazole rings is 1. The SMILES string of the molecule is Cc1cc(C)c(-c2nc(CCC#N)cs2)c(C)c1. The lowest BCUT2D eigenvalue weighted by Gasteiger charge is -2.08. The number of hydrogen-bond donors (Lipinski definition) is 0. The minimum atomic E-state index is 0.537. The summed E-state index contributed by atoms with van der Waals surface area (Å²) in [5.41, 5.74) is 6.10. The first kappa shape index (κ1) is 12.8. The molecular formula is C15H16N2S. The van der Waals surface area contributed by atoms with Gasteiger partial charge in [0.2, 0.25) is 0 Å². The summed E-state index contributed by atoms with van der Waals surface area (Å²) in [6.07, 6.45) is 1.28. The molecule has 2 aromatic rings. The van der Waals surface area contributed by atoms with Crippen molar-refractivity contribution in [2.75, 3.05) is 0 Å². The molecule has 0 atom stereocenters. The van der Waals surface area contributed by atoms with Gasteiger partial charge in [0, 0.05) is 23.8 Å². The van der Waals surface area contributed by atoms with Crippen LogP contribution in [0.4, 0.5) is 0 Å². The van der Waals surface area contributed by atoms with E-state index in [9.17, 15) is 0 Å². The second-order valence-electron chi connectivity index (χ2n) is 4.58. The van der Waals surface area contributed by atoms with Crippen LogP contribution >= 0.6 is 11.3 Å². The summed E-state index contributed by atoms with van der Waals surface area (Å²) in [6.45, 7) is 6.38. The molecule has 1 heterocycles. The van der Waals surface area contributed by atoms with Crippen LogP contribution in [-0.2, 0) is 6.42 Å².